The first-order valence-corrected chi connectivity index (χ1v) is 7.13. The summed E-state index contributed by atoms with van der Waals surface area (Å²) in [5.74, 6) is -0.389. The van der Waals surface area contributed by atoms with Gasteiger partial charge in [0.1, 0.15) is 0 Å². The number of imidazole rings is 1. The van der Waals surface area contributed by atoms with Gasteiger partial charge in [-0.1, -0.05) is 0 Å². The number of pyridine rings is 1. The van der Waals surface area contributed by atoms with E-state index < -0.39 is 0 Å². The van der Waals surface area contributed by atoms with Crippen LogP contribution in [0.5, 0.6) is 0 Å². The smallest absolute Gasteiger partial charge is 0.251 e. The summed E-state index contributed by atoms with van der Waals surface area (Å²) in [5, 5.41) is 5.50. The van der Waals surface area contributed by atoms with Crippen molar-refractivity contribution < 1.29 is 9.59 Å². The molecule has 23 heavy (non-hydrogen) atoms. The van der Waals surface area contributed by atoms with Crippen molar-refractivity contribution in [3.05, 3.63) is 60.2 Å². The monoisotopic (exact) mass is 309 g/mol. The molecule has 0 radical (unpaired) electrons. The van der Waals surface area contributed by atoms with Crippen LogP contribution in [0.2, 0.25) is 0 Å². The molecule has 2 amide bonds. The average Bonchev–Trinajstić information content (AvgIpc) is 3.06. The number of carbonyl (C=O) groups is 2. The molecule has 7 nitrogen and oxygen atoms in total. The topological polar surface area (TPSA) is 99.8 Å². The third kappa shape index (κ3) is 3.52. The standard InChI is InChI=1S/C16H15N5O2/c22-15(11-3-5-17-6-4-11)18-7-8-19-16(23)12-1-2-13-14(9-12)21-10-20-13/h1-6,9-10H,7-8H2,(H,18,22)(H,19,23)(H,20,21). The molecule has 116 valence electrons. The molecule has 0 aliphatic carbocycles. The normalized spacial score (nSPS) is 10.4. The Morgan fingerprint density at radius 3 is 2.39 bits per heavy atom. The van der Waals surface area contributed by atoms with Crippen molar-refractivity contribution in [2.75, 3.05) is 13.1 Å². The number of nitrogens with one attached hydrogen (secondary N) is 3. The van der Waals surface area contributed by atoms with Gasteiger partial charge in [0.05, 0.1) is 17.4 Å². The van der Waals surface area contributed by atoms with Crippen LogP contribution in [-0.2, 0) is 0 Å². The predicted molar refractivity (Wildman–Crippen MR) is 85.0 cm³/mol. The minimum Gasteiger partial charge on any atom is -0.350 e. The second-order valence-corrected chi connectivity index (χ2v) is 4.88. The Balaban J connectivity index is 1.48. The van der Waals surface area contributed by atoms with Crippen molar-refractivity contribution in [2.45, 2.75) is 0 Å². The molecule has 7 heteroatoms. The molecule has 0 bridgehead atoms. The Hall–Kier alpha value is -3.22. The molecule has 0 fully saturated rings. The quantitative estimate of drug-likeness (QED) is 0.615. The molecule has 0 aliphatic heterocycles. The molecular formula is C16H15N5O2. The van der Waals surface area contributed by atoms with Gasteiger partial charge in [-0.05, 0) is 30.3 Å². The number of hydrogen-bond donors (Lipinski definition) is 3. The average molecular weight is 309 g/mol. The molecule has 0 saturated carbocycles. The van der Waals surface area contributed by atoms with Crippen molar-refractivity contribution in [2.24, 2.45) is 0 Å². The lowest BCUT2D eigenvalue weighted by molar-refractivity contribution is 0.0927. The lowest BCUT2D eigenvalue weighted by atomic mass is 10.2. The summed E-state index contributed by atoms with van der Waals surface area (Å²) < 4.78 is 0. The number of rotatable bonds is 5. The van der Waals surface area contributed by atoms with Gasteiger partial charge >= 0.3 is 0 Å². The van der Waals surface area contributed by atoms with Gasteiger partial charge in [0, 0.05) is 36.6 Å². The summed E-state index contributed by atoms with van der Waals surface area (Å²) in [5.41, 5.74) is 2.70. The highest BCUT2D eigenvalue weighted by Gasteiger charge is 2.07. The summed E-state index contributed by atoms with van der Waals surface area (Å²) in [4.78, 5) is 34.8. The first kappa shape index (κ1) is 14.7. The zero-order chi connectivity index (χ0) is 16.1. The Bertz CT molecular complexity index is 829. The lowest BCUT2D eigenvalue weighted by Crippen LogP contribution is -2.34. The highest BCUT2D eigenvalue weighted by molar-refractivity contribution is 5.97. The first-order valence-electron chi connectivity index (χ1n) is 7.13. The molecule has 0 aliphatic rings. The van der Waals surface area contributed by atoms with E-state index in [1.807, 2.05) is 0 Å². The summed E-state index contributed by atoms with van der Waals surface area (Å²) >= 11 is 0. The zero-order valence-electron chi connectivity index (χ0n) is 12.2. The molecule has 0 spiro atoms. The highest BCUT2D eigenvalue weighted by atomic mass is 16.2. The van der Waals surface area contributed by atoms with Gasteiger partial charge < -0.3 is 15.6 Å². The molecule has 2 aromatic heterocycles. The van der Waals surface area contributed by atoms with Crippen LogP contribution in [0.3, 0.4) is 0 Å². The van der Waals surface area contributed by atoms with Crippen LogP contribution in [0.1, 0.15) is 20.7 Å². The van der Waals surface area contributed by atoms with Gasteiger partial charge in [0.15, 0.2) is 0 Å². The summed E-state index contributed by atoms with van der Waals surface area (Å²) in [7, 11) is 0. The van der Waals surface area contributed by atoms with Crippen LogP contribution < -0.4 is 10.6 Å². The number of aromatic amines is 1. The molecular weight excluding hydrogens is 294 g/mol. The van der Waals surface area contributed by atoms with Crippen LogP contribution in [0.4, 0.5) is 0 Å². The van der Waals surface area contributed by atoms with Crippen LogP contribution in [0, 0.1) is 0 Å². The first-order chi connectivity index (χ1) is 11.2. The molecule has 1 aromatic carbocycles. The molecule has 0 unspecified atom stereocenters. The van der Waals surface area contributed by atoms with Gasteiger partial charge in [-0.25, -0.2) is 4.98 Å². The Morgan fingerprint density at radius 2 is 1.65 bits per heavy atom. The number of H-pyrrole nitrogens is 1. The number of hydrogen-bond acceptors (Lipinski definition) is 4. The van der Waals surface area contributed by atoms with Crippen molar-refractivity contribution in [3.8, 4) is 0 Å². The summed E-state index contributed by atoms with van der Waals surface area (Å²) in [6, 6.07) is 8.51. The SMILES string of the molecule is O=C(NCCNC(=O)c1ccc2nc[nH]c2c1)c1ccncc1. The van der Waals surface area contributed by atoms with Crippen LogP contribution in [-0.4, -0.2) is 39.9 Å². The zero-order valence-corrected chi connectivity index (χ0v) is 12.2. The maximum atomic E-state index is 12.1. The van der Waals surface area contributed by atoms with Crippen molar-refractivity contribution in [1.82, 2.24) is 25.6 Å². The minimum atomic E-state index is -0.195. The van der Waals surface area contributed by atoms with E-state index >= 15 is 0 Å². The third-order valence-corrected chi connectivity index (χ3v) is 3.32. The molecule has 3 aromatic rings. The van der Waals surface area contributed by atoms with Gasteiger partial charge in [0.25, 0.3) is 11.8 Å². The van der Waals surface area contributed by atoms with Crippen LogP contribution in [0.15, 0.2) is 49.1 Å². The van der Waals surface area contributed by atoms with E-state index in [0.29, 0.717) is 24.2 Å². The molecule has 0 saturated heterocycles. The van der Waals surface area contributed by atoms with Crippen molar-refractivity contribution in [1.29, 1.82) is 0 Å². The fourth-order valence-corrected chi connectivity index (χ4v) is 2.14. The van der Waals surface area contributed by atoms with E-state index in [2.05, 4.69) is 25.6 Å². The van der Waals surface area contributed by atoms with E-state index in [9.17, 15) is 9.59 Å². The fourth-order valence-electron chi connectivity index (χ4n) is 2.14. The molecule has 0 atom stereocenters. The number of aromatic nitrogens is 3. The van der Waals surface area contributed by atoms with E-state index in [4.69, 9.17) is 0 Å². The Labute approximate surface area is 132 Å². The predicted octanol–water partition coefficient (Wildman–Crippen LogP) is 1.12. The van der Waals surface area contributed by atoms with Gasteiger partial charge in [-0.2, -0.15) is 0 Å². The second-order valence-electron chi connectivity index (χ2n) is 4.88. The second kappa shape index (κ2) is 6.69. The number of nitrogens with zero attached hydrogens (tertiary/aromatic N) is 2. The van der Waals surface area contributed by atoms with E-state index in [0.717, 1.165) is 11.0 Å². The van der Waals surface area contributed by atoms with E-state index in [1.54, 1.807) is 49.1 Å². The Morgan fingerprint density at radius 1 is 0.957 bits per heavy atom. The lowest BCUT2D eigenvalue weighted by Gasteiger charge is -2.07. The fraction of sp³-hybridized carbons (Fsp3) is 0.125. The van der Waals surface area contributed by atoms with Crippen LogP contribution >= 0.6 is 0 Å². The third-order valence-electron chi connectivity index (χ3n) is 3.32. The number of carbonyl (C=O) groups excluding carboxylic acids is 2. The largest absolute Gasteiger partial charge is 0.350 e. The Kier molecular flexibility index (Phi) is 4.28. The molecule has 2 heterocycles. The van der Waals surface area contributed by atoms with Crippen molar-refractivity contribution >= 4 is 22.8 Å². The number of amides is 2. The highest BCUT2D eigenvalue weighted by Crippen LogP contribution is 2.11. The van der Waals surface area contributed by atoms with Gasteiger partial charge in [-0.15, -0.1) is 0 Å². The minimum absolute atomic E-state index is 0.194. The van der Waals surface area contributed by atoms with E-state index in [1.165, 1.54) is 0 Å². The maximum Gasteiger partial charge on any atom is 0.251 e. The van der Waals surface area contributed by atoms with Crippen molar-refractivity contribution in [3.63, 3.8) is 0 Å². The number of fused-ring (bicyclic) bond motifs is 1. The van der Waals surface area contributed by atoms with E-state index in [-0.39, 0.29) is 11.8 Å². The molecule has 3 N–H and O–H groups in total. The maximum absolute atomic E-state index is 12.1. The molecule has 3 rings (SSSR count). The van der Waals surface area contributed by atoms with Crippen LogP contribution in [0.25, 0.3) is 11.0 Å². The number of benzene rings is 1. The summed E-state index contributed by atoms with van der Waals surface area (Å²) in [6.45, 7) is 0.690. The van der Waals surface area contributed by atoms with Gasteiger partial charge in [-0.3, -0.25) is 14.6 Å². The van der Waals surface area contributed by atoms with Gasteiger partial charge in [0.2, 0.25) is 0 Å². The summed E-state index contributed by atoms with van der Waals surface area (Å²) in [6.07, 6.45) is 4.70.